The van der Waals surface area contributed by atoms with Gasteiger partial charge in [-0.2, -0.15) is 0 Å². The van der Waals surface area contributed by atoms with Gasteiger partial charge in [-0.3, -0.25) is 19.5 Å². The van der Waals surface area contributed by atoms with E-state index in [1.165, 1.54) is 9.80 Å². The molecule has 2 atom stereocenters. The first-order chi connectivity index (χ1) is 14.5. The number of anilines is 1. The van der Waals surface area contributed by atoms with Gasteiger partial charge in [0.2, 0.25) is 11.8 Å². The summed E-state index contributed by atoms with van der Waals surface area (Å²) in [7, 11) is 0. The van der Waals surface area contributed by atoms with E-state index in [0.29, 0.717) is 24.3 Å². The second kappa shape index (κ2) is 8.62. The van der Waals surface area contributed by atoms with Crippen molar-refractivity contribution in [1.82, 2.24) is 20.1 Å². The molecular formula is C22H25N5O3. The van der Waals surface area contributed by atoms with E-state index in [1.807, 2.05) is 37.3 Å². The van der Waals surface area contributed by atoms with Gasteiger partial charge >= 0.3 is 6.03 Å². The Morgan fingerprint density at radius 2 is 2.10 bits per heavy atom. The van der Waals surface area contributed by atoms with Crippen LogP contribution in [0.2, 0.25) is 0 Å². The number of hydrogen-bond acceptors (Lipinski definition) is 5. The van der Waals surface area contributed by atoms with Crippen molar-refractivity contribution in [3.63, 3.8) is 0 Å². The molecule has 30 heavy (non-hydrogen) atoms. The Morgan fingerprint density at radius 1 is 1.23 bits per heavy atom. The number of carbonyl (C=O) groups is 3. The maximum Gasteiger partial charge on any atom is 0.327 e. The number of fused-ring (bicyclic) bond motifs is 1. The number of amides is 4. The van der Waals surface area contributed by atoms with Crippen molar-refractivity contribution in [3.05, 3.63) is 59.9 Å². The Bertz CT molecular complexity index is 949. The molecule has 8 nitrogen and oxygen atoms in total. The van der Waals surface area contributed by atoms with Gasteiger partial charge in [0, 0.05) is 11.9 Å². The van der Waals surface area contributed by atoms with Gasteiger partial charge in [0.25, 0.3) is 0 Å². The van der Waals surface area contributed by atoms with Gasteiger partial charge in [-0.05, 0) is 56.1 Å². The van der Waals surface area contributed by atoms with Crippen LogP contribution in [0.25, 0.3) is 0 Å². The molecule has 2 unspecified atom stereocenters. The Labute approximate surface area is 175 Å². The smallest absolute Gasteiger partial charge is 0.325 e. The predicted molar refractivity (Wildman–Crippen MR) is 112 cm³/mol. The number of urea groups is 1. The highest BCUT2D eigenvalue weighted by Gasteiger charge is 2.47. The fourth-order valence-corrected chi connectivity index (χ4v) is 4.08. The lowest BCUT2D eigenvalue weighted by atomic mass is 9.93. The van der Waals surface area contributed by atoms with E-state index in [2.05, 4.69) is 15.6 Å². The maximum absolute atomic E-state index is 13.2. The molecule has 2 aliphatic heterocycles. The quantitative estimate of drug-likeness (QED) is 0.790. The number of benzene rings is 1. The molecule has 8 heteroatoms. The molecule has 0 radical (unpaired) electrons. The summed E-state index contributed by atoms with van der Waals surface area (Å²) in [4.78, 5) is 45.9. The largest absolute Gasteiger partial charge is 0.327 e. The van der Waals surface area contributed by atoms with Crippen LogP contribution in [-0.2, 0) is 16.1 Å². The number of aryl methyl sites for hydroxylation is 1. The summed E-state index contributed by atoms with van der Waals surface area (Å²) in [6.07, 6.45) is 3.16. The summed E-state index contributed by atoms with van der Waals surface area (Å²) in [5, 5.41) is 6.08. The fraction of sp³-hybridized carbons (Fsp3) is 0.364. The van der Waals surface area contributed by atoms with E-state index in [1.54, 1.807) is 18.3 Å². The Balaban J connectivity index is 1.54. The van der Waals surface area contributed by atoms with Crippen LogP contribution in [0, 0.1) is 6.92 Å². The molecule has 3 heterocycles. The van der Waals surface area contributed by atoms with Gasteiger partial charge in [-0.25, -0.2) is 4.79 Å². The summed E-state index contributed by atoms with van der Waals surface area (Å²) < 4.78 is 0. The van der Waals surface area contributed by atoms with E-state index in [9.17, 15) is 14.4 Å². The van der Waals surface area contributed by atoms with Crippen LogP contribution >= 0.6 is 0 Å². The molecule has 0 saturated carbocycles. The van der Waals surface area contributed by atoms with Crippen molar-refractivity contribution in [2.75, 3.05) is 18.4 Å². The minimum Gasteiger partial charge on any atom is -0.325 e. The van der Waals surface area contributed by atoms with Crippen LogP contribution in [0.3, 0.4) is 0 Å². The Kier molecular flexibility index (Phi) is 5.76. The first-order valence-electron chi connectivity index (χ1n) is 10.1. The van der Waals surface area contributed by atoms with Crippen molar-refractivity contribution in [3.8, 4) is 0 Å². The number of nitrogens with zero attached hydrogens (tertiary/aromatic N) is 3. The molecule has 2 N–H and O–H groups in total. The third-order valence-electron chi connectivity index (χ3n) is 5.50. The molecule has 4 rings (SSSR count). The molecule has 2 fully saturated rings. The average Bonchev–Trinajstić information content (AvgIpc) is 2.75. The molecule has 2 saturated heterocycles. The van der Waals surface area contributed by atoms with Gasteiger partial charge in [0.15, 0.2) is 0 Å². The van der Waals surface area contributed by atoms with Crippen molar-refractivity contribution in [2.24, 2.45) is 0 Å². The van der Waals surface area contributed by atoms with Crippen molar-refractivity contribution < 1.29 is 14.4 Å². The number of aromatic nitrogens is 1. The summed E-state index contributed by atoms with van der Waals surface area (Å²) in [6.45, 7) is 2.63. The van der Waals surface area contributed by atoms with Gasteiger partial charge in [-0.15, -0.1) is 0 Å². The van der Waals surface area contributed by atoms with Crippen LogP contribution in [0.1, 0.15) is 24.1 Å². The van der Waals surface area contributed by atoms with Crippen LogP contribution in [0.4, 0.5) is 10.5 Å². The summed E-state index contributed by atoms with van der Waals surface area (Å²) in [5.41, 5.74) is 2.34. The molecule has 0 spiro atoms. The van der Waals surface area contributed by atoms with E-state index in [-0.39, 0.29) is 30.9 Å². The van der Waals surface area contributed by atoms with E-state index >= 15 is 0 Å². The molecule has 0 bridgehead atoms. The van der Waals surface area contributed by atoms with Crippen LogP contribution < -0.4 is 10.6 Å². The molecular weight excluding hydrogens is 382 g/mol. The maximum atomic E-state index is 13.2. The third kappa shape index (κ3) is 4.18. The normalized spacial score (nSPS) is 21.4. The first kappa shape index (κ1) is 20.0. The number of hydrogen-bond donors (Lipinski definition) is 2. The lowest BCUT2D eigenvalue weighted by Gasteiger charge is -2.46. The second-order valence-electron chi connectivity index (χ2n) is 7.71. The molecule has 1 aromatic heterocycles. The third-order valence-corrected chi connectivity index (χ3v) is 5.50. The van der Waals surface area contributed by atoms with Crippen molar-refractivity contribution in [1.29, 1.82) is 0 Å². The minimum atomic E-state index is -0.507. The number of carbonyl (C=O) groups excluding carboxylic acids is 3. The van der Waals surface area contributed by atoms with E-state index in [4.69, 9.17) is 0 Å². The van der Waals surface area contributed by atoms with Gasteiger partial charge < -0.3 is 15.5 Å². The van der Waals surface area contributed by atoms with Gasteiger partial charge in [0.05, 0.1) is 18.3 Å². The van der Waals surface area contributed by atoms with Crippen molar-refractivity contribution >= 4 is 23.5 Å². The molecule has 2 aliphatic rings. The molecule has 4 amide bonds. The molecule has 156 valence electrons. The lowest BCUT2D eigenvalue weighted by Crippen LogP contribution is -2.70. The number of piperidine rings is 1. The number of pyridine rings is 1. The standard InChI is InChI=1S/C22H25N5O3/c1-15-6-4-8-16(12-15)25-19(28)14-26-18-9-5-11-24-20(18)21(29)27(22(26)30)13-17-7-2-3-10-23-17/h2-4,6-8,10,12,18,20,24H,5,9,11,13-14H2,1H3,(H,25,28). The lowest BCUT2D eigenvalue weighted by molar-refractivity contribution is -0.138. The topological polar surface area (TPSA) is 94.6 Å². The zero-order valence-corrected chi connectivity index (χ0v) is 16.9. The summed E-state index contributed by atoms with van der Waals surface area (Å²) >= 11 is 0. The Hall–Kier alpha value is -3.26. The number of imide groups is 1. The molecule has 1 aromatic carbocycles. The van der Waals surface area contributed by atoms with Gasteiger partial charge in [-0.1, -0.05) is 18.2 Å². The summed E-state index contributed by atoms with van der Waals surface area (Å²) in [5.74, 6) is -0.545. The Morgan fingerprint density at radius 3 is 2.87 bits per heavy atom. The molecule has 0 aliphatic carbocycles. The predicted octanol–water partition coefficient (Wildman–Crippen LogP) is 1.91. The van der Waals surface area contributed by atoms with E-state index < -0.39 is 12.1 Å². The number of rotatable bonds is 5. The monoisotopic (exact) mass is 407 g/mol. The fourth-order valence-electron chi connectivity index (χ4n) is 4.08. The van der Waals surface area contributed by atoms with E-state index in [0.717, 1.165) is 12.0 Å². The highest BCUT2D eigenvalue weighted by molar-refractivity contribution is 6.02. The second-order valence-corrected chi connectivity index (χ2v) is 7.71. The average molecular weight is 407 g/mol. The molecule has 2 aromatic rings. The summed E-state index contributed by atoms with van der Waals surface area (Å²) in [6, 6.07) is 11.6. The van der Waals surface area contributed by atoms with Gasteiger partial charge in [0.1, 0.15) is 12.6 Å². The highest BCUT2D eigenvalue weighted by Crippen LogP contribution is 2.25. The SMILES string of the molecule is Cc1cccc(NC(=O)CN2C(=O)N(Cc3ccccn3)C(=O)C3NCCCC32)c1. The van der Waals surface area contributed by atoms with Crippen LogP contribution in [0.5, 0.6) is 0 Å². The van der Waals surface area contributed by atoms with Crippen LogP contribution in [0.15, 0.2) is 48.7 Å². The van der Waals surface area contributed by atoms with Crippen molar-refractivity contribution in [2.45, 2.75) is 38.4 Å². The minimum absolute atomic E-state index is 0.0827. The van der Waals surface area contributed by atoms with Crippen LogP contribution in [-0.4, -0.2) is 57.8 Å². The first-order valence-corrected chi connectivity index (χ1v) is 10.1. The number of nitrogens with one attached hydrogen (secondary N) is 2. The zero-order valence-electron chi connectivity index (χ0n) is 16.9. The zero-order chi connectivity index (χ0) is 21.1. The highest BCUT2D eigenvalue weighted by atomic mass is 16.2.